The van der Waals surface area contributed by atoms with Crippen LogP contribution in [0.25, 0.3) is 10.9 Å². The van der Waals surface area contributed by atoms with Crippen LogP contribution in [0, 0.1) is 0 Å². The van der Waals surface area contributed by atoms with Gasteiger partial charge in [-0.3, -0.25) is 0 Å². The van der Waals surface area contributed by atoms with Crippen LogP contribution >= 0.6 is 13.5 Å². The van der Waals surface area contributed by atoms with Gasteiger partial charge in [0.15, 0.2) is 0 Å². The van der Waals surface area contributed by atoms with Crippen LogP contribution in [-0.4, -0.2) is 35.7 Å². The molecule has 3 rings (SSSR count). The Morgan fingerprint density at radius 2 is 1.71 bits per heavy atom. The maximum absolute atomic E-state index is 12.4. The number of para-hydroxylation sites is 1. The normalized spacial score (nSPS) is 13.3. The second kappa shape index (κ2) is 9.86. The summed E-state index contributed by atoms with van der Waals surface area (Å²) in [6.45, 7) is 0.331. The first-order chi connectivity index (χ1) is 12.4. The van der Waals surface area contributed by atoms with E-state index in [1.54, 1.807) is 19.2 Å². The molecule has 154 valence electrons. The third-order valence-electron chi connectivity index (χ3n) is 4.16. The van der Waals surface area contributed by atoms with Crippen molar-refractivity contribution in [3.63, 3.8) is 0 Å². The van der Waals surface area contributed by atoms with E-state index in [4.69, 9.17) is 0 Å². The minimum absolute atomic E-state index is 0. The molecule has 1 aromatic heterocycles. The van der Waals surface area contributed by atoms with Crippen molar-refractivity contribution in [2.75, 3.05) is 13.6 Å². The first-order valence-corrected chi connectivity index (χ1v) is 8.13. The SMILES string of the molecule is C.CNC[C@@H](O)[C@H](c1ccc(OC(F)(F)F)cc1)n1ccc2ccccc21.S. The molecule has 0 bridgehead atoms. The molecule has 4 nitrogen and oxygen atoms in total. The number of rotatable bonds is 6. The number of benzene rings is 2. The van der Waals surface area contributed by atoms with E-state index in [0.29, 0.717) is 12.1 Å². The number of ether oxygens (including phenoxy) is 1. The fraction of sp³-hybridized carbons (Fsp3) is 0.300. The Bertz CT molecular complexity index is 866. The molecular weight excluding hydrogens is 389 g/mol. The standard InChI is InChI=1S/C19H19F3N2O2.CH4.H2S/c1-23-12-17(25)18(24-11-10-13-4-2-3-5-16(13)24)14-6-8-15(9-7-14)26-19(20,21)22;;/h2-11,17-18,23,25H,12H2,1H3;1H4;1H2/t17-,18+;;/m1../s1. The number of hydrogen-bond donors (Lipinski definition) is 2. The van der Waals surface area contributed by atoms with Gasteiger partial charge in [0, 0.05) is 18.3 Å². The number of fused-ring (bicyclic) bond motifs is 1. The topological polar surface area (TPSA) is 46.4 Å². The van der Waals surface area contributed by atoms with Crippen molar-refractivity contribution in [3.05, 3.63) is 66.4 Å². The summed E-state index contributed by atoms with van der Waals surface area (Å²) in [6.07, 6.45) is -3.64. The lowest BCUT2D eigenvalue weighted by Crippen LogP contribution is -2.33. The Kier molecular flexibility index (Phi) is 8.41. The first-order valence-electron chi connectivity index (χ1n) is 8.13. The average molecular weight is 414 g/mol. The van der Waals surface area contributed by atoms with Crippen LogP contribution < -0.4 is 10.1 Å². The van der Waals surface area contributed by atoms with Gasteiger partial charge in [-0.1, -0.05) is 37.8 Å². The lowest BCUT2D eigenvalue weighted by molar-refractivity contribution is -0.274. The molecule has 28 heavy (non-hydrogen) atoms. The number of alkyl halides is 3. The van der Waals surface area contributed by atoms with Crippen LogP contribution in [0.3, 0.4) is 0 Å². The van der Waals surface area contributed by atoms with E-state index in [-0.39, 0.29) is 26.7 Å². The Labute approximate surface area is 169 Å². The van der Waals surface area contributed by atoms with E-state index in [1.807, 2.05) is 41.1 Å². The zero-order valence-electron chi connectivity index (χ0n) is 14.6. The summed E-state index contributed by atoms with van der Waals surface area (Å²) in [5.74, 6) is -0.291. The van der Waals surface area contributed by atoms with E-state index in [9.17, 15) is 18.3 Å². The molecule has 2 N–H and O–H groups in total. The summed E-state index contributed by atoms with van der Waals surface area (Å²) >= 11 is 0. The second-order valence-electron chi connectivity index (χ2n) is 5.97. The third-order valence-corrected chi connectivity index (χ3v) is 4.16. The van der Waals surface area contributed by atoms with Gasteiger partial charge in [0.05, 0.1) is 12.1 Å². The van der Waals surface area contributed by atoms with E-state index >= 15 is 0 Å². The number of aliphatic hydroxyl groups excluding tert-OH is 1. The lowest BCUT2D eigenvalue weighted by atomic mass is 10.0. The summed E-state index contributed by atoms with van der Waals surface area (Å²) in [5, 5.41) is 14.6. The largest absolute Gasteiger partial charge is 0.573 e. The summed E-state index contributed by atoms with van der Waals surface area (Å²) in [7, 11) is 1.73. The highest BCUT2D eigenvalue weighted by Crippen LogP contribution is 2.30. The number of hydrogen-bond acceptors (Lipinski definition) is 3. The summed E-state index contributed by atoms with van der Waals surface area (Å²) in [6, 6.07) is 14.8. The molecule has 0 spiro atoms. The molecule has 0 aliphatic heterocycles. The quantitative estimate of drug-likeness (QED) is 0.626. The van der Waals surface area contributed by atoms with Crippen molar-refractivity contribution >= 4 is 24.4 Å². The molecule has 0 fully saturated rings. The van der Waals surface area contributed by atoms with Crippen LogP contribution in [-0.2, 0) is 0 Å². The van der Waals surface area contributed by atoms with Crippen molar-refractivity contribution in [1.82, 2.24) is 9.88 Å². The maximum atomic E-state index is 12.4. The molecule has 3 aromatic rings. The van der Waals surface area contributed by atoms with Crippen molar-refractivity contribution in [2.45, 2.75) is 25.9 Å². The van der Waals surface area contributed by atoms with Gasteiger partial charge in [-0.2, -0.15) is 13.5 Å². The van der Waals surface area contributed by atoms with Crippen LogP contribution in [0.15, 0.2) is 60.8 Å². The first kappa shape index (κ1) is 23.9. The molecule has 0 saturated heterocycles. The maximum Gasteiger partial charge on any atom is 0.573 e. The molecule has 1 heterocycles. The summed E-state index contributed by atoms with van der Waals surface area (Å²) in [4.78, 5) is 0. The van der Waals surface area contributed by atoms with Gasteiger partial charge in [0.2, 0.25) is 0 Å². The van der Waals surface area contributed by atoms with Gasteiger partial charge in [0.1, 0.15) is 5.75 Å². The van der Waals surface area contributed by atoms with E-state index in [1.165, 1.54) is 12.1 Å². The highest BCUT2D eigenvalue weighted by Gasteiger charge is 2.31. The predicted molar refractivity (Wildman–Crippen MR) is 110 cm³/mol. The van der Waals surface area contributed by atoms with Crippen molar-refractivity contribution in [2.24, 2.45) is 0 Å². The monoisotopic (exact) mass is 414 g/mol. The molecule has 0 unspecified atom stereocenters. The number of aromatic nitrogens is 1. The van der Waals surface area contributed by atoms with Gasteiger partial charge in [-0.25, -0.2) is 0 Å². The molecule has 0 aliphatic carbocycles. The Morgan fingerprint density at radius 3 is 2.32 bits per heavy atom. The van der Waals surface area contributed by atoms with E-state index in [0.717, 1.165) is 10.9 Å². The number of likely N-dealkylation sites (N-methyl/N-ethyl adjacent to an activating group) is 1. The molecule has 0 saturated carbocycles. The number of nitrogens with one attached hydrogen (secondary N) is 1. The Morgan fingerprint density at radius 1 is 1.07 bits per heavy atom. The minimum atomic E-state index is -4.73. The van der Waals surface area contributed by atoms with Crippen molar-refractivity contribution in [1.29, 1.82) is 0 Å². The zero-order valence-corrected chi connectivity index (χ0v) is 15.6. The predicted octanol–water partition coefficient (Wildman–Crippen LogP) is 4.46. The van der Waals surface area contributed by atoms with Crippen LogP contribution in [0.1, 0.15) is 19.0 Å². The van der Waals surface area contributed by atoms with E-state index < -0.39 is 18.5 Å². The van der Waals surface area contributed by atoms with E-state index in [2.05, 4.69) is 10.1 Å². The molecule has 0 amide bonds. The number of nitrogens with zero attached hydrogens (tertiary/aromatic N) is 1. The Balaban J connectivity index is 0.00000196. The third kappa shape index (κ3) is 5.43. The van der Waals surface area contributed by atoms with Crippen LogP contribution in [0.4, 0.5) is 13.2 Å². The van der Waals surface area contributed by atoms with Gasteiger partial charge in [-0.05, 0) is 42.3 Å². The second-order valence-corrected chi connectivity index (χ2v) is 5.97. The zero-order chi connectivity index (χ0) is 18.7. The molecule has 0 aliphatic rings. The van der Waals surface area contributed by atoms with Gasteiger partial charge >= 0.3 is 6.36 Å². The van der Waals surface area contributed by atoms with Crippen molar-refractivity contribution < 1.29 is 23.0 Å². The van der Waals surface area contributed by atoms with Gasteiger partial charge < -0.3 is 19.7 Å². The fourth-order valence-electron chi connectivity index (χ4n) is 3.10. The highest BCUT2D eigenvalue weighted by molar-refractivity contribution is 7.59. The van der Waals surface area contributed by atoms with Gasteiger partial charge in [-0.15, -0.1) is 13.2 Å². The average Bonchev–Trinajstić information content (AvgIpc) is 3.00. The molecular formula is C20H25F3N2O2S. The number of halogens is 3. The summed E-state index contributed by atoms with van der Waals surface area (Å²) < 4.78 is 42.9. The lowest BCUT2D eigenvalue weighted by Gasteiger charge is -2.26. The fourth-order valence-corrected chi connectivity index (χ4v) is 3.10. The number of aliphatic hydroxyl groups is 1. The van der Waals surface area contributed by atoms with Gasteiger partial charge in [0.25, 0.3) is 0 Å². The van der Waals surface area contributed by atoms with Crippen LogP contribution in [0.5, 0.6) is 5.75 Å². The molecule has 0 radical (unpaired) electrons. The van der Waals surface area contributed by atoms with Crippen molar-refractivity contribution in [3.8, 4) is 5.75 Å². The molecule has 2 aromatic carbocycles. The molecule has 8 heteroatoms. The smallest absolute Gasteiger partial charge is 0.406 e. The van der Waals surface area contributed by atoms with Crippen LogP contribution in [0.2, 0.25) is 0 Å². The minimum Gasteiger partial charge on any atom is -0.406 e. The highest BCUT2D eigenvalue weighted by atomic mass is 32.1. The summed E-state index contributed by atoms with van der Waals surface area (Å²) in [5.41, 5.74) is 1.62. The molecule has 2 atom stereocenters. The Hall–Kier alpha value is -2.16.